The van der Waals surface area contributed by atoms with E-state index in [0.29, 0.717) is 16.5 Å². The molecule has 0 saturated carbocycles. The highest BCUT2D eigenvalue weighted by atomic mass is 19.2. The molecule has 2 aliphatic heterocycles. The number of halogens is 5. The van der Waals surface area contributed by atoms with Crippen LogP contribution in [0.25, 0.3) is 10.9 Å². The van der Waals surface area contributed by atoms with Gasteiger partial charge in [-0.3, -0.25) is 14.4 Å². The van der Waals surface area contributed by atoms with Crippen molar-refractivity contribution in [2.75, 3.05) is 25.7 Å². The first-order chi connectivity index (χ1) is 22.9. The van der Waals surface area contributed by atoms with Crippen LogP contribution in [0.2, 0.25) is 0 Å². The van der Waals surface area contributed by atoms with E-state index in [0.717, 1.165) is 10.4 Å². The topological polar surface area (TPSA) is 113 Å². The summed E-state index contributed by atoms with van der Waals surface area (Å²) in [7, 11) is 4.40. The summed E-state index contributed by atoms with van der Waals surface area (Å²) in [5, 5.41) is 13.7. The van der Waals surface area contributed by atoms with Crippen LogP contribution >= 0.6 is 0 Å². The molecular formula is C33H29F5N4O6. The van der Waals surface area contributed by atoms with Gasteiger partial charge >= 0.3 is 0 Å². The molecule has 2 aliphatic rings. The lowest BCUT2D eigenvalue weighted by atomic mass is 9.95. The van der Waals surface area contributed by atoms with Gasteiger partial charge in [0.2, 0.25) is 17.6 Å². The molecule has 3 atom stereocenters. The zero-order valence-electron chi connectivity index (χ0n) is 25.8. The lowest BCUT2D eigenvalue weighted by Gasteiger charge is -2.36. The molecule has 3 unspecified atom stereocenters. The fourth-order valence-electron chi connectivity index (χ4n) is 6.38. The summed E-state index contributed by atoms with van der Waals surface area (Å²) in [5.41, 5.74) is 0.151. The number of anilines is 1. The van der Waals surface area contributed by atoms with Gasteiger partial charge in [0.15, 0.2) is 34.8 Å². The fraction of sp³-hybridized carbons (Fsp3) is 0.303. The van der Waals surface area contributed by atoms with Gasteiger partial charge < -0.3 is 34.3 Å². The van der Waals surface area contributed by atoms with Gasteiger partial charge in [-0.15, -0.1) is 0 Å². The Bertz CT molecular complexity index is 1950. The largest absolute Gasteiger partial charge is 0.493 e. The molecule has 1 aromatic heterocycles. The Balaban J connectivity index is 1.34. The maximum absolute atomic E-state index is 14.8. The number of para-hydroxylation sites is 1. The maximum atomic E-state index is 14.8. The van der Waals surface area contributed by atoms with Crippen molar-refractivity contribution in [3.05, 3.63) is 88.4 Å². The number of aliphatic hydroxyl groups is 1. The number of β-amino-alcohol motifs (C(OH)–C–C–N with tert-alkyl or cyclic N) is 1. The minimum absolute atomic E-state index is 0.0242. The molecule has 3 amide bonds. The molecule has 0 aliphatic carbocycles. The van der Waals surface area contributed by atoms with Gasteiger partial charge in [-0.05, 0) is 17.7 Å². The molecule has 10 nitrogen and oxygen atoms in total. The summed E-state index contributed by atoms with van der Waals surface area (Å²) in [4.78, 5) is 43.4. The van der Waals surface area contributed by atoms with E-state index in [2.05, 4.69) is 5.32 Å². The Hall–Kier alpha value is -5.18. The van der Waals surface area contributed by atoms with Crippen LogP contribution in [-0.2, 0) is 29.6 Å². The van der Waals surface area contributed by atoms with Gasteiger partial charge in [-0.1, -0.05) is 18.2 Å². The van der Waals surface area contributed by atoms with Crippen LogP contribution in [0.1, 0.15) is 27.9 Å². The van der Waals surface area contributed by atoms with Crippen LogP contribution in [0.15, 0.2) is 42.6 Å². The first-order valence-corrected chi connectivity index (χ1v) is 14.8. The number of rotatable bonds is 7. The Labute approximate surface area is 270 Å². The average molecular weight is 673 g/mol. The molecule has 4 aromatic rings. The number of nitrogens with one attached hydrogen (secondary N) is 1. The minimum Gasteiger partial charge on any atom is -0.493 e. The number of likely N-dealkylation sites (tertiary alicyclic amines) is 1. The van der Waals surface area contributed by atoms with Gasteiger partial charge in [-0.25, -0.2) is 22.0 Å². The molecule has 0 bridgehead atoms. The number of carbonyl (C=O) groups excluding carboxylic acids is 3. The van der Waals surface area contributed by atoms with Gasteiger partial charge in [0.05, 0.1) is 38.1 Å². The highest BCUT2D eigenvalue weighted by Crippen LogP contribution is 2.40. The summed E-state index contributed by atoms with van der Waals surface area (Å²) >= 11 is 0. The fourth-order valence-corrected chi connectivity index (χ4v) is 6.38. The molecule has 48 heavy (non-hydrogen) atoms. The third-order valence-electron chi connectivity index (χ3n) is 8.77. The number of amides is 3. The zero-order valence-corrected chi connectivity index (χ0v) is 25.8. The van der Waals surface area contributed by atoms with Gasteiger partial charge in [0.1, 0.15) is 12.1 Å². The first-order valence-electron chi connectivity index (χ1n) is 14.8. The predicted octanol–water partition coefficient (Wildman–Crippen LogP) is 3.74. The molecule has 3 aromatic carbocycles. The summed E-state index contributed by atoms with van der Waals surface area (Å²) < 4.78 is 84.0. The highest BCUT2D eigenvalue weighted by Gasteiger charge is 2.43. The second kappa shape index (κ2) is 12.4. The van der Waals surface area contributed by atoms with Crippen molar-refractivity contribution in [3.8, 4) is 11.5 Å². The highest BCUT2D eigenvalue weighted by molar-refractivity contribution is 6.09. The Morgan fingerprint density at radius 1 is 0.958 bits per heavy atom. The Kier molecular flexibility index (Phi) is 8.49. The number of aromatic nitrogens is 1. The van der Waals surface area contributed by atoms with Crippen molar-refractivity contribution in [2.45, 2.75) is 37.6 Å². The third-order valence-corrected chi connectivity index (χ3v) is 8.77. The third kappa shape index (κ3) is 5.37. The smallest absolute Gasteiger partial charge is 0.256 e. The van der Waals surface area contributed by atoms with Crippen LogP contribution < -0.4 is 19.7 Å². The normalized spacial score (nSPS) is 19.1. The number of hydrogen-bond acceptors (Lipinski definition) is 6. The quantitative estimate of drug-likeness (QED) is 0.176. The molecule has 2 N–H and O–H groups in total. The molecule has 0 spiro atoms. The van der Waals surface area contributed by atoms with E-state index in [-0.39, 0.29) is 36.6 Å². The first kappa shape index (κ1) is 32.7. The lowest BCUT2D eigenvalue weighted by molar-refractivity contribution is -0.130. The molecule has 6 rings (SSSR count). The molecule has 3 heterocycles. The molecule has 252 valence electrons. The molecule has 15 heteroatoms. The number of benzene rings is 3. The summed E-state index contributed by atoms with van der Waals surface area (Å²) in [6.07, 6.45) is 0.261. The standard InChI is InChI=1S/C33H29F5N4O6/c1-40-13-18(17-6-4-5-7-21(17)40)32(45)41-12-16(43)10-23(41)31(44)39-20-8-15-9-24(47-2)25(48-3)11-22(15)42(33(20)46)14-19-26(34)28(36)30(38)29(37)27(19)35/h4-7,9,11,13,16,20,23,43H,8,10,12,14H2,1-3H3,(H,39,44). The predicted molar refractivity (Wildman–Crippen MR) is 161 cm³/mol. The van der Waals surface area contributed by atoms with Crippen LogP contribution in [0.3, 0.4) is 0 Å². The summed E-state index contributed by atoms with van der Waals surface area (Å²) in [6, 6.07) is 7.32. The van der Waals surface area contributed by atoms with E-state index in [9.17, 15) is 41.4 Å². The molecule has 1 fully saturated rings. The number of nitrogens with zero attached hydrogens (tertiary/aromatic N) is 3. The van der Waals surface area contributed by atoms with Gasteiger partial charge in [0.25, 0.3) is 5.91 Å². The molecule has 1 saturated heterocycles. The van der Waals surface area contributed by atoms with Gasteiger partial charge in [-0.2, -0.15) is 0 Å². The van der Waals surface area contributed by atoms with Crippen LogP contribution in [0.4, 0.5) is 27.6 Å². The van der Waals surface area contributed by atoms with E-state index < -0.39 is 77.1 Å². The van der Waals surface area contributed by atoms with Crippen molar-refractivity contribution in [3.63, 3.8) is 0 Å². The minimum atomic E-state index is -2.35. The van der Waals surface area contributed by atoms with E-state index in [1.54, 1.807) is 29.9 Å². The maximum Gasteiger partial charge on any atom is 0.256 e. The number of hydrogen-bond donors (Lipinski definition) is 2. The lowest BCUT2D eigenvalue weighted by Crippen LogP contribution is -2.56. The van der Waals surface area contributed by atoms with Crippen LogP contribution in [-0.4, -0.2) is 71.2 Å². The monoisotopic (exact) mass is 672 g/mol. The summed E-state index contributed by atoms with van der Waals surface area (Å²) in [6.45, 7) is -1.25. The second-order valence-electron chi connectivity index (χ2n) is 11.6. The number of fused-ring (bicyclic) bond motifs is 2. The number of carbonyl (C=O) groups is 3. The number of aliphatic hydroxyl groups excluding tert-OH is 1. The summed E-state index contributed by atoms with van der Waals surface area (Å²) in [5.74, 6) is -12.9. The van der Waals surface area contributed by atoms with Crippen LogP contribution in [0, 0.1) is 29.1 Å². The van der Waals surface area contributed by atoms with Crippen LogP contribution in [0.5, 0.6) is 11.5 Å². The van der Waals surface area contributed by atoms with E-state index >= 15 is 0 Å². The van der Waals surface area contributed by atoms with Crippen molar-refractivity contribution >= 4 is 34.3 Å². The molecular weight excluding hydrogens is 643 g/mol. The van der Waals surface area contributed by atoms with Crippen molar-refractivity contribution in [1.82, 2.24) is 14.8 Å². The van der Waals surface area contributed by atoms with E-state index in [1.807, 2.05) is 12.1 Å². The Morgan fingerprint density at radius 3 is 2.25 bits per heavy atom. The SMILES string of the molecule is COc1cc2c(cc1OC)N(Cc1c(F)c(F)c(F)c(F)c1F)C(=O)C(NC(=O)C1CC(O)CN1C(=O)c1cn(C)c3ccccc13)C2. The second-order valence-corrected chi connectivity index (χ2v) is 11.6. The molecule has 0 radical (unpaired) electrons. The van der Waals surface area contributed by atoms with E-state index in [1.165, 1.54) is 31.3 Å². The van der Waals surface area contributed by atoms with Crippen molar-refractivity contribution in [2.24, 2.45) is 7.05 Å². The number of methoxy groups -OCH3 is 2. The Morgan fingerprint density at radius 2 is 1.58 bits per heavy atom. The number of ether oxygens (including phenoxy) is 2. The average Bonchev–Trinajstić information content (AvgIpc) is 3.65. The van der Waals surface area contributed by atoms with Crippen molar-refractivity contribution < 1.29 is 50.9 Å². The van der Waals surface area contributed by atoms with Crippen molar-refractivity contribution in [1.29, 1.82) is 0 Å². The number of aryl methyl sites for hydroxylation is 1. The van der Waals surface area contributed by atoms with E-state index in [4.69, 9.17) is 9.47 Å². The zero-order chi connectivity index (χ0) is 34.6. The van der Waals surface area contributed by atoms with Gasteiger partial charge in [0, 0.05) is 55.2 Å².